The molecule has 70 valence electrons. The molecule has 13 heavy (non-hydrogen) atoms. The Kier molecular flexibility index (Phi) is 1.64. The zero-order valence-electron chi connectivity index (χ0n) is 7.99. The van der Waals surface area contributed by atoms with Crippen LogP contribution in [-0.2, 0) is 0 Å². The number of benzene rings is 1. The molecule has 1 aromatic rings. The number of aromatic hydroxyl groups is 1. The Morgan fingerprint density at radius 3 is 2.31 bits per heavy atom. The molecule has 1 aromatic carbocycles. The van der Waals surface area contributed by atoms with E-state index in [9.17, 15) is 5.11 Å². The molecule has 1 saturated carbocycles. The van der Waals surface area contributed by atoms with Gasteiger partial charge in [-0.25, -0.2) is 0 Å². The van der Waals surface area contributed by atoms with Gasteiger partial charge >= 0.3 is 0 Å². The summed E-state index contributed by atoms with van der Waals surface area (Å²) >= 11 is 0. The summed E-state index contributed by atoms with van der Waals surface area (Å²) in [5.74, 6) is 0.683. The highest BCUT2D eigenvalue weighted by Gasteiger charge is 2.56. The lowest BCUT2D eigenvalue weighted by molar-refractivity contribution is 0.464. The summed E-state index contributed by atoms with van der Waals surface area (Å²) in [6.07, 6.45) is 0. The van der Waals surface area contributed by atoms with Gasteiger partial charge < -0.3 is 10.8 Å². The van der Waals surface area contributed by atoms with E-state index in [-0.39, 0.29) is 11.5 Å². The van der Waals surface area contributed by atoms with Crippen molar-refractivity contribution in [2.24, 2.45) is 11.1 Å². The molecule has 0 unspecified atom stereocenters. The fourth-order valence-corrected chi connectivity index (χ4v) is 2.02. The van der Waals surface area contributed by atoms with Crippen LogP contribution < -0.4 is 5.73 Å². The Labute approximate surface area is 78.4 Å². The van der Waals surface area contributed by atoms with E-state index in [1.807, 2.05) is 18.2 Å². The summed E-state index contributed by atoms with van der Waals surface area (Å²) in [6, 6.07) is 7.63. The number of hydrogen-bond donors (Lipinski definition) is 2. The Morgan fingerprint density at radius 1 is 1.31 bits per heavy atom. The van der Waals surface area contributed by atoms with E-state index in [1.165, 1.54) is 0 Å². The summed E-state index contributed by atoms with van der Waals surface area (Å²) in [5, 5.41) is 9.62. The lowest BCUT2D eigenvalue weighted by Crippen LogP contribution is -2.06. The van der Waals surface area contributed by atoms with Crippen molar-refractivity contribution < 1.29 is 5.11 Å². The molecule has 0 amide bonds. The molecule has 1 aliphatic rings. The Hall–Kier alpha value is -1.02. The normalized spacial score (nSPS) is 30.1. The van der Waals surface area contributed by atoms with Crippen molar-refractivity contribution in [2.75, 3.05) is 0 Å². The third-order valence-corrected chi connectivity index (χ3v) is 3.18. The van der Waals surface area contributed by atoms with Crippen LogP contribution in [0.15, 0.2) is 24.3 Å². The molecule has 0 spiro atoms. The Balaban J connectivity index is 2.34. The van der Waals surface area contributed by atoms with Crippen LogP contribution in [0, 0.1) is 5.41 Å². The van der Waals surface area contributed by atoms with Gasteiger partial charge in [-0.1, -0.05) is 32.0 Å². The maximum absolute atomic E-state index is 9.62. The van der Waals surface area contributed by atoms with Gasteiger partial charge in [0.05, 0.1) is 0 Å². The SMILES string of the molecule is CC1(C)[C@H](N)[C@H]1c1ccccc1O. The van der Waals surface area contributed by atoms with Crippen molar-refractivity contribution in [1.82, 2.24) is 0 Å². The first-order valence-corrected chi connectivity index (χ1v) is 4.58. The molecule has 2 heteroatoms. The molecule has 0 radical (unpaired) electrons. The fourth-order valence-electron chi connectivity index (χ4n) is 2.02. The Morgan fingerprint density at radius 2 is 1.85 bits per heavy atom. The smallest absolute Gasteiger partial charge is 0.119 e. The first kappa shape index (κ1) is 8.57. The van der Waals surface area contributed by atoms with Gasteiger partial charge in [0.15, 0.2) is 0 Å². The quantitative estimate of drug-likeness (QED) is 0.687. The number of hydrogen-bond acceptors (Lipinski definition) is 2. The predicted molar refractivity (Wildman–Crippen MR) is 52.6 cm³/mol. The average Bonchev–Trinajstić information content (AvgIpc) is 2.54. The zero-order valence-corrected chi connectivity index (χ0v) is 7.99. The first-order valence-electron chi connectivity index (χ1n) is 4.58. The molecule has 0 bridgehead atoms. The summed E-state index contributed by atoms with van der Waals surface area (Å²) < 4.78 is 0. The average molecular weight is 177 g/mol. The van der Waals surface area contributed by atoms with Crippen molar-refractivity contribution in [3.63, 3.8) is 0 Å². The molecule has 0 heterocycles. The van der Waals surface area contributed by atoms with Gasteiger partial charge in [-0.05, 0) is 17.0 Å². The highest BCUT2D eigenvalue weighted by atomic mass is 16.3. The fraction of sp³-hybridized carbons (Fsp3) is 0.455. The number of rotatable bonds is 1. The summed E-state index contributed by atoms with van der Waals surface area (Å²) in [7, 11) is 0. The molecule has 0 aromatic heterocycles. The van der Waals surface area contributed by atoms with Gasteiger partial charge in [0.25, 0.3) is 0 Å². The second-order valence-corrected chi connectivity index (χ2v) is 4.38. The topological polar surface area (TPSA) is 46.2 Å². The molecular formula is C11H15NO. The predicted octanol–water partition coefficient (Wildman–Crippen LogP) is 1.84. The molecule has 0 aliphatic heterocycles. The third kappa shape index (κ3) is 1.13. The molecule has 0 saturated heterocycles. The maximum atomic E-state index is 9.62. The van der Waals surface area contributed by atoms with E-state index in [1.54, 1.807) is 6.07 Å². The van der Waals surface area contributed by atoms with E-state index >= 15 is 0 Å². The lowest BCUT2D eigenvalue weighted by Gasteiger charge is -2.04. The molecule has 2 atom stereocenters. The van der Waals surface area contributed by atoms with E-state index in [0.717, 1.165) is 5.56 Å². The van der Waals surface area contributed by atoms with Crippen LogP contribution in [0.5, 0.6) is 5.75 Å². The third-order valence-electron chi connectivity index (χ3n) is 3.18. The van der Waals surface area contributed by atoms with Crippen molar-refractivity contribution in [3.05, 3.63) is 29.8 Å². The minimum Gasteiger partial charge on any atom is -0.508 e. The number of phenolic OH excluding ortho intramolecular Hbond substituents is 1. The van der Waals surface area contributed by atoms with Crippen molar-refractivity contribution >= 4 is 0 Å². The van der Waals surface area contributed by atoms with Gasteiger partial charge in [-0.3, -0.25) is 0 Å². The number of para-hydroxylation sites is 1. The van der Waals surface area contributed by atoms with Gasteiger partial charge in [0, 0.05) is 12.0 Å². The van der Waals surface area contributed by atoms with Gasteiger partial charge in [0.1, 0.15) is 5.75 Å². The van der Waals surface area contributed by atoms with Crippen LogP contribution in [0.4, 0.5) is 0 Å². The van der Waals surface area contributed by atoms with Crippen molar-refractivity contribution in [1.29, 1.82) is 0 Å². The van der Waals surface area contributed by atoms with Crippen LogP contribution in [0.3, 0.4) is 0 Å². The van der Waals surface area contributed by atoms with Crippen molar-refractivity contribution in [3.8, 4) is 5.75 Å². The second kappa shape index (κ2) is 2.48. The van der Waals surface area contributed by atoms with Crippen LogP contribution in [0.2, 0.25) is 0 Å². The highest BCUT2D eigenvalue weighted by Crippen LogP contribution is 2.58. The number of phenols is 1. The highest BCUT2D eigenvalue weighted by molar-refractivity contribution is 5.43. The minimum atomic E-state index is 0.138. The van der Waals surface area contributed by atoms with E-state index in [2.05, 4.69) is 13.8 Å². The standard InChI is InChI=1S/C11H15NO/c1-11(2)9(10(11)12)7-5-3-4-6-8(7)13/h3-6,9-10,13H,12H2,1-2H3/t9-,10-/m1/s1. The number of nitrogens with two attached hydrogens (primary N) is 1. The maximum Gasteiger partial charge on any atom is 0.119 e. The van der Waals surface area contributed by atoms with Crippen LogP contribution in [0.25, 0.3) is 0 Å². The monoisotopic (exact) mass is 177 g/mol. The second-order valence-electron chi connectivity index (χ2n) is 4.38. The lowest BCUT2D eigenvalue weighted by atomic mass is 10.0. The van der Waals surface area contributed by atoms with Gasteiger partial charge in [0.2, 0.25) is 0 Å². The largest absolute Gasteiger partial charge is 0.508 e. The van der Waals surface area contributed by atoms with Gasteiger partial charge in [-0.2, -0.15) is 0 Å². The minimum absolute atomic E-state index is 0.138. The summed E-state index contributed by atoms with van der Waals surface area (Å²) in [4.78, 5) is 0. The zero-order chi connectivity index (χ0) is 9.64. The molecule has 1 fully saturated rings. The molecule has 2 nitrogen and oxygen atoms in total. The molecule has 2 rings (SSSR count). The molecule has 1 aliphatic carbocycles. The molecular weight excluding hydrogens is 162 g/mol. The van der Waals surface area contributed by atoms with Crippen LogP contribution >= 0.6 is 0 Å². The van der Waals surface area contributed by atoms with Gasteiger partial charge in [-0.15, -0.1) is 0 Å². The van der Waals surface area contributed by atoms with Crippen LogP contribution in [0.1, 0.15) is 25.3 Å². The first-order chi connectivity index (χ1) is 6.05. The summed E-state index contributed by atoms with van der Waals surface area (Å²) in [6.45, 7) is 4.27. The molecule has 3 N–H and O–H groups in total. The Bertz CT molecular complexity index is 333. The van der Waals surface area contributed by atoms with Crippen molar-refractivity contribution in [2.45, 2.75) is 25.8 Å². The summed E-state index contributed by atoms with van der Waals surface area (Å²) in [5.41, 5.74) is 7.06. The van der Waals surface area contributed by atoms with E-state index < -0.39 is 0 Å². The van der Waals surface area contributed by atoms with E-state index in [0.29, 0.717) is 11.7 Å². The van der Waals surface area contributed by atoms with E-state index in [4.69, 9.17) is 5.73 Å². The van der Waals surface area contributed by atoms with Crippen LogP contribution in [-0.4, -0.2) is 11.1 Å².